The first-order chi connectivity index (χ1) is 21.9. The third-order valence-electron chi connectivity index (χ3n) is 8.60. The standard InChI is InChI=1S/C24H29NO4.C13H16O3/c1-25-16-7-6-13-21(25)24(27)29-22(15-14-18-9-4-3-5-10-18)19-11-8-12-20(17-19)23(26)28-2;14-13(15)12(10-6-4-5-7-10)16-11-8-2-1-3-9-11/h3-5,8-12,17,21-22H,6-7,13-16H2,1-2H3;1-3,8-10,12H,4-7H2,(H,14,15). The molecule has 1 saturated heterocycles. The zero-order valence-electron chi connectivity index (χ0n) is 26.3. The molecule has 5 rings (SSSR count). The van der Waals surface area contributed by atoms with Crippen LogP contribution < -0.4 is 4.74 Å². The number of rotatable bonds is 11. The maximum atomic E-state index is 12.9. The highest BCUT2D eigenvalue weighted by molar-refractivity contribution is 5.89. The van der Waals surface area contributed by atoms with Crippen LogP contribution in [0, 0.1) is 5.92 Å². The third-order valence-corrected chi connectivity index (χ3v) is 8.60. The van der Waals surface area contributed by atoms with Gasteiger partial charge in [0.15, 0.2) is 6.10 Å². The van der Waals surface area contributed by atoms with Crippen LogP contribution in [0.15, 0.2) is 84.9 Å². The number of aliphatic carboxylic acids is 1. The molecule has 45 heavy (non-hydrogen) atoms. The number of aryl methyl sites for hydroxylation is 1. The molecule has 8 nitrogen and oxygen atoms in total. The molecule has 0 amide bonds. The van der Waals surface area contributed by atoms with Crippen LogP contribution in [0.5, 0.6) is 5.75 Å². The van der Waals surface area contributed by atoms with E-state index < -0.39 is 24.1 Å². The summed E-state index contributed by atoms with van der Waals surface area (Å²) in [5, 5.41) is 9.17. The monoisotopic (exact) mass is 615 g/mol. The number of benzene rings is 3. The van der Waals surface area contributed by atoms with Gasteiger partial charge in [-0.3, -0.25) is 9.69 Å². The minimum Gasteiger partial charge on any atom is -0.478 e. The van der Waals surface area contributed by atoms with Crippen LogP contribution in [-0.4, -0.2) is 60.8 Å². The van der Waals surface area contributed by atoms with E-state index in [1.807, 2.05) is 49.5 Å². The predicted molar refractivity (Wildman–Crippen MR) is 172 cm³/mol. The van der Waals surface area contributed by atoms with Gasteiger partial charge in [-0.15, -0.1) is 0 Å². The van der Waals surface area contributed by atoms with Gasteiger partial charge in [0.25, 0.3) is 0 Å². The molecule has 1 N–H and O–H groups in total. The van der Waals surface area contributed by atoms with Gasteiger partial charge >= 0.3 is 17.9 Å². The van der Waals surface area contributed by atoms with Crippen LogP contribution in [0.2, 0.25) is 0 Å². The molecule has 0 radical (unpaired) electrons. The Morgan fingerprint density at radius 1 is 0.867 bits per heavy atom. The SMILES string of the molecule is COC(=O)c1cccc(C(CCc2ccccc2)OC(=O)C2CCCCN2C)c1.O=C(O)C(Oc1ccccc1)C1CCCC1. The Morgan fingerprint density at radius 3 is 2.18 bits per heavy atom. The van der Waals surface area contributed by atoms with Crippen molar-refractivity contribution in [3.63, 3.8) is 0 Å². The van der Waals surface area contributed by atoms with E-state index in [-0.39, 0.29) is 17.9 Å². The van der Waals surface area contributed by atoms with Crippen LogP contribution in [0.25, 0.3) is 0 Å². The summed E-state index contributed by atoms with van der Waals surface area (Å²) in [4.78, 5) is 38.1. The topological polar surface area (TPSA) is 102 Å². The summed E-state index contributed by atoms with van der Waals surface area (Å²) < 4.78 is 16.4. The van der Waals surface area contributed by atoms with Crippen molar-refractivity contribution in [1.82, 2.24) is 4.90 Å². The smallest absolute Gasteiger partial charge is 0.345 e. The summed E-state index contributed by atoms with van der Waals surface area (Å²) in [5.41, 5.74) is 2.46. The van der Waals surface area contributed by atoms with Gasteiger partial charge in [0.05, 0.1) is 12.7 Å². The first kappa shape index (κ1) is 33.7. The Balaban J connectivity index is 0.000000242. The van der Waals surface area contributed by atoms with E-state index in [1.54, 1.807) is 30.3 Å². The average Bonchev–Trinajstić information content (AvgIpc) is 3.61. The number of piperidine rings is 1. The van der Waals surface area contributed by atoms with Gasteiger partial charge in [-0.25, -0.2) is 9.59 Å². The Labute approximate surface area is 266 Å². The number of carbonyl (C=O) groups is 3. The van der Waals surface area contributed by atoms with Gasteiger partial charge < -0.3 is 19.3 Å². The van der Waals surface area contributed by atoms with Gasteiger partial charge in [0.1, 0.15) is 17.9 Å². The average molecular weight is 616 g/mol. The van der Waals surface area contributed by atoms with E-state index in [2.05, 4.69) is 17.0 Å². The van der Waals surface area contributed by atoms with E-state index in [1.165, 1.54) is 12.7 Å². The Hall–Kier alpha value is -4.17. The van der Waals surface area contributed by atoms with Crippen molar-refractivity contribution >= 4 is 17.9 Å². The van der Waals surface area contributed by atoms with E-state index in [0.717, 1.165) is 63.5 Å². The highest BCUT2D eigenvalue weighted by Crippen LogP contribution is 2.30. The van der Waals surface area contributed by atoms with Crippen molar-refractivity contribution in [2.45, 2.75) is 76.0 Å². The predicted octanol–water partition coefficient (Wildman–Crippen LogP) is 6.88. The number of likely N-dealkylation sites (tertiary alicyclic amines) is 1. The fourth-order valence-corrected chi connectivity index (χ4v) is 6.07. The van der Waals surface area contributed by atoms with Gasteiger partial charge in [0.2, 0.25) is 0 Å². The number of esters is 2. The first-order valence-corrected chi connectivity index (χ1v) is 15.9. The number of carboxylic acid groups (broad SMARTS) is 1. The van der Waals surface area contributed by atoms with Crippen molar-refractivity contribution in [2.24, 2.45) is 5.92 Å². The highest BCUT2D eigenvalue weighted by atomic mass is 16.5. The Morgan fingerprint density at radius 2 is 1.53 bits per heavy atom. The summed E-state index contributed by atoms with van der Waals surface area (Å²) in [6, 6.07) is 26.3. The van der Waals surface area contributed by atoms with Crippen molar-refractivity contribution in [1.29, 1.82) is 0 Å². The number of likely N-dealkylation sites (N-methyl/N-ethyl adjacent to an activating group) is 1. The molecule has 8 heteroatoms. The van der Waals surface area contributed by atoms with Crippen LogP contribution >= 0.6 is 0 Å². The number of carboxylic acids is 1. The molecule has 3 aromatic rings. The van der Waals surface area contributed by atoms with Crippen LogP contribution in [0.3, 0.4) is 0 Å². The largest absolute Gasteiger partial charge is 0.478 e. The molecule has 2 aliphatic rings. The molecule has 1 aliphatic heterocycles. The van der Waals surface area contributed by atoms with Crippen LogP contribution in [0.1, 0.15) is 79.0 Å². The summed E-state index contributed by atoms with van der Waals surface area (Å²) in [6.07, 6.45) is 7.46. The molecule has 3 atom stereocenters. The number of hydrogen-bond donors (Lipinski definition) is 1. The third kappa shape index (κ3) is 10.2. The zero-order valence-corrected chi connectivity index (χ0v) is 26.3. The molecular weight excluding hydrogens is 570 g/mol. The summed E-state index contributed by atoms with van der Waals surface area (Å²) >= 11 is 0. The quantitative estimate of drug-likeness (QED) is 0.233. The normalized spacial score (nSPS) is 18.1. The second-order valence-corrected chi connectivity index (χ2v) is 11.8. The fourth-order valence-electron chi connectivity index (χ4n) is 6.07. The minimum atomic E-state index is -0.851. The maximum absolute atomic E-state index is 12.9. The lowest BCUT2D eigenvalue weighted by molar-refractivity contribution is -0.157. The minimum absolute atomic E-state index is 0.165. The van der Waals surface area contributed by atoms with E-state index in [0.29, 0.717) is 17.7 Å². The molecule has 240 valence electrons. The maximum Gasteiger partial charge on any atom is 0.345 e. The zero-order chi connectivity index (χ0) is 32.0. The molecule has 0 bridgehead atoms. The van der Waals surface area contributed by atoms with Gasteiger partial charge in [-0.2, -0.15) is 0 Å². The van der Waals surface area contributed by atoms with Crippen LogP contribution in [0.4, 0.5) is 0 Å². The number of hydrogen-bond acceptors (Lipinski definition) is 7. The molecule has 3 unspecified atom stereocenters. The molecule has 1 heterocycles. The van der Waals surface area contributed by atoms with Gasteiger partial charge in [-0.1, -0.05) is 79.9 Å². The molecule has 2 fully saturated rings. The lowest BCUT2D eigenvalue weighted by atomic mass is 9.99. The summed E-state index contributed by atoms with van der Waals surface area (Å²) in [5.74, 6) is -0.629. The van der Waals surface area contributed by atoms with Crippen molar-refractivity contribution in [3.05, 3.63) is 102 Å². The molecule has 0 aromatic heterocycles. The number of para-hydroxylation sites is 1. The second kappa shape index (κ2) is 17.4. The van der Waals surface area contributed by atoms with E-state index in [4.69, 9.17) is 19.3 Å². The number of carbonyl (C=O) groups excluding carboxylic acids is 2. The number of methoxy groups -OCH3 is 1. The molecule has 3 aromatic carbocycles. The van der Waals surface area contributed by atoms with Crippen LogP contribution in [-0.2, 0) is 25.5 Å². The van der Waals surface area contributed by atoms with Crippen molar-refractivity contribution in [3.8, 4) is 5.75 Å². The lowest BCUT2D eigenvalue weighted by Gasteiger charge is -2.32. The summed E-state index contributed by atoms with van der Waals surface area (Å²) in [6.45, 7) is 0.909. The van der Waals surface area contributed by atoms with Gasteiger partial charge in [-0.05, 0) is 87.5 Å². The Bertz CT molecular complexity index is 1360. The fraction of sp³-hybridized carbons (Fsp3) is 0.432. The highest BCUT2D eigenvalue weighted by Gasteiger charge is 2.32. The molecule has 1 saturated carbocycles. The number of nitrogens with zero attached hydrogens (tertiary/aromatic N) is 1. The summed E-state index contributed by atoms with van der Waals surface area (Å²) in [7, 11) is 3.34. The van der Waals surface area contributed by atoms with Gasteiger partial charge in [0, 0.05) is 5.92 Å². The van der Waals surface area contributed by atoms with E-state index >= 15 is 0 Å². The second-order valence-electron chi connectivity index (χ2n) is 11.8. The number of ether oxygens (including phenoxy) is 3. The molecular formula is C37H45NO7. The van der Waals surface area contributed by atoms with Crippen molar-refractivity contribution in [2.75, 3.05) is 20.7 Å². The molecule has 1 aliphatic carbocycles. The Kier molecular flexibility index (Phi) is 13.0. The lowest BCUT2D eigenvalue weighted by Crippen LogP contribution is -2.43. The molecule has 0 spiro atoms. The van der Waals surface area contributed by atoms with E-state index in [9.17, 15) is 14.4 Å². The van der Waals surface area contributed by atoms with Crippen molar-refractivity contribution < 1.29 is 33.7 Å². The first-order valence-electron chi connectivity index (χ1n) is 15.9.